The highest BCUT2D eigenvalue weighted by molar-refractivity contribution is 14.0. The van der Waals surface area contributed by atoms with E-state index in [9.17, 15) is 5.11 Å². The number of para-hydroxylation sites is 2. The molecule has 1 saturated heterocycles. The van der Waals surface area contributed by atoms with Crippen LogP contribution < -0.4 is 10.2 Å². The maximum absolute atomic E-state index is 10.1. The number of piperazine rings is 1. The van der Waals surface area contributed by atoms with E-state index >= 15 is 0 Å². The number of hydrogen-bond acceptors (Lipinski definition) is 6. The fraction of sp³-hybridized carbons (Fsp3) is 0.400. The first-order valence-electron chi connectivity index (χ1n) is 11.7. The average Bonchev–Trinajstić information content (AvgIpc) is 3.34. The van der Waals surface area contributed by atoms with Crippen molar-refractivity contribution in [3.8, 4) is 17.2 Å². The summed E-state index contributed by atoms with van der Waals surface area (Å²) in [5.41, 5.74) is 3.05. The number of aliphatic imine (C=N–C) groups is 1. The molecule has 1 aliphatic rings. The molecule has 0 amide bonds. The van der Waals surface area contributed by atoms with Crippen LogP contribution >= 0.6 is 24.0 Å². The number of nitrogens with zero attached hydrogens (tertiary/aromatic N) is 5. The van der Waals surface area contributed by atoms with Gasteiger partial charge in [0.15, 0.2) is 11.8 Å². The molecular weight excluding hydrogens is 543 g/mol. The van der Waals surface area contributed by atoms with Crippen LogP contribution in [0.3, 0.4) is 0 Å². The van der Waals surface area contributed by atoms with Gasteiger partial charge >= 0.3 is 0 Å². The van der Waals surface area contributed by atoms with E-state index in [0.717, 1.165) is 68.6 Å². The van der Waals surface area contributed by atoms with Gasteiger partial charge in [0, 0.05) is 51.3 Å². The Hall–Kier alpha value is -2.82. The number of halogens is 1. The average molecular weight is 576 g/mol. The minimum absolute atomic E-state index is 0. The van der Waals surface area contributed by atoms with Crippen molar-refractivity contribution < 1.29 is 9.63 Å². The standard InChI is InChI=1S/C25H32N6O2.HI/c1-3-23-28-24(33-29-23)20-11-9-19(10-12-20)13-14-27-25(26-4-2)31-17-15-30(16-18-31)21-7-5-6-8-22(21)32;/h5-12,32H,3-4,13-18H2,1-2H3,(H,26,27);1H. The van der Waals surface area contributed by atoms with Crippen molar-refractivity contribution in [2.45, 2.75) is 26.7 Å². The van der Waals surface area contributed by atoms with Crippen molar-refractivity contribution >= 4 is 35.6 Å². The van der Waals surface area contributed by atoms with Gasteiger partial charge in [-0.3, -0.25) is 4.99 Å². The van der Waals surface area contributed by atoms with E-state index in [2.05, 4.69) is 44.3 Å². The minimum Gasteiger partial charge on any atom is -0.506 e. The summed E-state index contributed by atoms with van der Waals surface area (Å²) in [5.74, 6) is 2.57. The van der Waals surface area contributed by atoms with E-state index in [1.54, 1.807) is 6.07 Å². The van der Waals surface area contributed by atoms with Crippen molar-refractivity contribution in [2.24, 2.45) is 4.99 Å². The molecule has 0 bridgehead atoms. The van der Waals surface area contributed by atoms with E-state index in [4.69, 9.17) is 9.52 Å². The Balaban J connectivity index is 0.00000324. The molecule has 3 aromatic rings. The Bertz CT molecular complexity index is 1060. The molecule has 2 aromatic carbocycles. The number of anilines is 1. The molecule has 1 aliphatic heterocycles. The summed E-state index contributed by atoms with van der Waals surface area (Å²) in [6.07, 6.45) is 1.62. The number of phenols is 1. The Morgan fingerprint density at radius 1 is 1.06 bits per heavy atom. The molecule has 2 heterocycles. The van der Waals surface area contributed by atoms with E-state index < -0.39 is 0 Å². The maximum atomic E-state index is 10.1. The number of aryl methyl sites for hydroxylation is 1. The smallest absolute Gasteiger partial charge is 0.257 e. The molecule has 9 heteroatoms. The Kier molecular flexibility index (Phi) is 9.55. The van der Waals surface area contributed by atoms with Crippen LogP contribution in [-0.2, 0) is 12.8 Å². The molecule has 0 unspecified atom stereocenters. The number of hydrogen-bond donors (Lipinski definition) is 2. The van der Waals surface area contributed by atoms with Gasteiger partial charge in [-0.1, -0.05) is 36.3 Å². The molecule has 4 rings (SSSR count). The number of aromatic hydroxyl groups is 1. The second-order valence-corrected chi connectivity index (χ2v) is 8.01. The Morgan fingerprint density at radius 3 is 2.44 bits per heavy atom. The van der Waals surface area contributed by atoms with E-state index in [1.165, 1.54) is 5.56 Å². The van der Waals surface area contributed by atoms with Gasteiger partial charge in [0.1, 0.15) is 5.75 Å². The van der Waals surface area contributed by atoms with Crippen LogP contribution in [0.25, 0.3) is 11.5 Å². The Labute approximate surface area is 218 Å². The molecule has 8 nitrogen and oxygen atoms in total. The molecule has 182 valence electrons. The summed E-state index contributed by atoms with van der Waals surface area (Å²) < 4.78 is 5.32. The quantitative estimate of drug-likeness (QED) is 0.250. The molecule has 0 atom stereocenters. The first-order chi connectivity index (χ1) is 16.2. The van der Waals surface area contributed by atoms with Crippen molar-refractivity contribution in [2.75, 3.05) is 44.2 Å². The number of benzene rings is 2. The number of rotatable bonds is 7. The van der Waals surface area contributed by atoms with Gasteiger partial charge in [-0.05, 0) is 43.2 Å². The van der Waals surface area contributed by atoms with Crippen molar-refractivity contribution in [3.05, 3.63) is 59.9 Å². The van der Waals surface area contributed by atoms with Gasteiger partial charge in [0.25, 0.3) is 5.89 Å². The third kappa shape index (κ3) is 6.40. The lowest BCUT2D eigenvalue weighted by molar-refractivity contribution is 0.370. The van der Waals surface area contributed by atoms with Crippen LogP contribution in [0.2, 0.25) is 0 Å². The summed E-state index contributed by atoms with van der Waals surface area (Å²) in [4.78, 5) is 13.8. The van der Waals surface area contributed by atoms with Crippen LogP contribution in [0.15, 0.2) is 58.0 Å². The lowest BCUT2D eigenvalue weighted by Gasteiger charge is -2.37. The van der Waals surface area contributed by atoms with Crippen LogP contribution in [0.4, 0.5) is 5.69 Å². The molecule has 0 saturated carbocycles. The molecule has 0 spiro atoms. The third-order valence-corrected chi connectivity index (χ3v) is 5.78. The predicted octanol–water partition coefficient (Wildman–Crippen LogP) is 3.95. The summed E-state index contributed by atoms with van der Waals surface area (Å²) in [7, 11) is 0. The molecule has 0 radical (unpaired) electrons. The second kappa shape index (κ2) is 12.6. The summed E-state index contributed by atoms with van der Waals surface area (Å²) in [5, 5.41) is 17.5. The monoisotopic (exact) mass is 576 g/mol. The highest BCUT2D eigenvalue weighted by atomic mass is 127. The Morgan fingerprint density at radius 2 is 1.79 bits per heavy atom. The van der Waals surface area contributed by atoms with Crippen molar-refractivity contribution in [3.63, 3.8) is 0 Å². The zero-order valence-electron chi connectivity index (χ0n) is 19.8. The van der Waals surface area contributed by atoms with E-state index in [-0.39, 0.29) is 24.0 Å². The van der Waals surface area contributed by atoms with Crippen molar-refractivity contribution in [1.82, 2.24) is 20.4 Å². The highest BCUT2D eigenvalue weighted by Crippen LogP contribution is 2.27. The number of phenolic OH excluding ortho intramolecular Hbond substituents is 1. The normalized spacial score (nSPS) is 14.1. The first-order valence-corrected chi connectivity index (χ1v) is 11.7. The molecule has 1 aromatic heterocycles. The summed E-state index contributed by atoms with van der Waals surface area (Å²) in [6.45, 7) is 9.05. The van der Waals surface area contributed by atoms with Crippen molar-refractivity contribution in [1.29, 1.82) is 0 Å². The van der Waals surface area contributed by atoms with Crippen LogP contribution in [0.5, 0.6) is 5.75 Å². The number of aromatic nitrogens is 2. The van der Waals surface area contributed by atoms with E-state index in [1.807, 2.05) is 37.3 Å². The number of nitrogens with one attached hydrogen (secondary N) is 1. The minimum atomic E-state index is 0. The van der Waals surface area contributed by atoms with Gasteiger partial charge in [0.2, 0.25) is 0 Å². The van der Waals surface area contributed by atoms with Crippen LogP contribution in [0.1, 0.15) is 25.2 Å². The summed E-state index contributed by atoms with van der Waals surface area (Å²) >= 11 is 0. The lowest BCUT2D eigenvalue weighted by atomic mass is 10.1. The van der Waals surface area contributed by atoms with Gasteiger partial charge in [-0.2, -0.15) is 4.98 Å². The molecule has 2 N–H and O–H groups in total. The van der Waals surface area contributed by atoms with Crippen LogP contribution in [0, 0.1) is 0 Å². The second-order valence-electron chi connectivity index (χ2n) is 8.01. The van der Waals surface area contributed by atoms with Gasteiger partial charge in [-0.25, -0.2) is 0 Å². The van der Waals surface area contributed by atoms with Crippen LogP contribution in [-0.4, -0.2) is 65.4 Å². The number of guanidine groups is 1. The topological polar surface area (TPSA) is 90.0 Å². The third-order valence-electron chi connectivity index (χ3n) is 5.78. The van der Waals surface area contributed by atoms with Gasteiger partial charge in [0.05, 0.1) is 5.69 Å². The SMILES string of the molecule is CCNC(=NCCc1ccc(-c2nc(CC)no2)cc1)N1CCN(c2ccccc2O)CC1.I. The zero-order valence-corrected chi connectivity index (χ0v) is 22.1. The first kappa shape index (κ1) is 25.8. The fourth-order valence-electron chi connectivity index (χ4n) is 3.94. The van der Waals surface area contributed by atoms with Gasteiger partial charge in [-0.15, -0.1) is 24.0 Å². The molecular formula is C25H33IN6O2. The molecule has 34 heavy (non-hydrogen) atoms. The predicted molar refractivity (Wildman–Crippen MR) is 146 cm³/mol. The fourth-order valence-corrected chi connectivity index (χ4v) is 3.94. The lowest BCUT2D eigenvalue weighted by Crippen LogP contribution is -2.52. The maximum Gasteiger partial charge on any atom is 0.257 e. The van der Waals surface area contributed by atoms with E-state index in [0.29, 0.717) is 18.2 Å². The molecule has 0 aliphatic carbocycles. The summed E-state index contributed by atoms with van der Waals surface area (Å²) in [6, 6.07) is 15.8. The van der Waals surface area contributed by atoms with Gasteiger partial charge < -0.3 is 24.7 Å². The highest BCUT2D eigenvalue weighted by Gasteiger charge is 2.21. The zero-order chi connectivity index (χ0) is 23.0. The largest absolute Gasteiger partial charge is 0.506 e. The molecule has 1 fully saturated rings.